The van der Waals surface area contributed by atoms with Crippen LogP contribution in [0.4, 0.5) is 4.79 Å². The largest absolute Gasteiger partial charge is 0.447 e. The summed E-state index contributed by atoms with van der Waals surface area (Å²) in [4.78, 5) is 24.6. The molecule has 248 valence electrons. The average molecular weight is 615 g/mol. The van der Waals surface area contributed by atoms with Crippen molar-refractivity contribution in [3.8, 4) is 12.3 Å². The number of amides is 2. The van der Waals surface area contributed by atoms with Gasteiger partial charge in [0.1, 0.15) is 12.8 Å². The highest BCUT2D eigenvalue weighted by Gasteiger charge is 2.63. The summed E-state index contributed by atoms with van der Waals surface area (Å²) in [6.07, 6.45) is 18.4. The minimum atomic E-state index is -0.719. The van der Waals surface area contributed by atoms with Crippen LogP contribution < -0.4 is 10.6 Å². The van der Waals surface area contributed by atoms with Gasteiger partial charge in [-0.25, -0.2) is 4.79 Å². The molecule has 0 heterocycles. The van der Waals surface area contributed by atoms with Crippen molar-refractivity contribution >= 4 is 12.0 Å². The fourth-order valence-corrected chi connectivity index (χ4v) is 10.0. The molecule has 0 spiro atoms. The Kier molecular flexibility index (Phi) is 12.2. The minimum Gasteiger partial charge on any atom is -0.447 e. The number of fused-ring (bicyclic) bond motifs is 5. The molecule has 0 radical (unpaired) electrons. The Hall–Kier alpha value is -2.08. The molecule has 11 atom stereocenters. The number of alkyl carbamates (subject to hydrolysis) is 1. The van der Waals surface area contributed by atoms with Gasteiger partial charge in [0, 0.05) is 13.0 Å². The maximum Gasteiger partial charge on any atom is 0.408 e. The second-order valence-corrected chi connectivity index (χ2v) is 14.7. The van der Waals surface area contributed by atoms with Gasteiger partial charge in [-0.1, -0.05) is 33.8 Å². The SMILES string of the molecule is C#CCC(NC(=O)C=CCCC(C)C1CCC2C3CCC4CC(O)CCC4(C)C3CC(O)C12C)NC(=O)OCCOCCC. The maximum absolute atomic E-state index is 12.6. The Morgan fingerprint density at radius 2 is 1.84 bits per heavy atom. The van der Waals surface area contributed by atoms with E-state index in [1.165, 1.54) is 25.3 Å². The molecule has 4 aliphatic rings. The minimum absolute atomic E-state index is 0.0656. The van der Waals surface area contributed by atoms with Crippen molar-refractivity contribution in [3.05, 3.63) is 12.2 Å². The van der Waals surface area contributed by atoms with Crippen molar-refractivity contribution in [2.24, 2.45) is 46.3 Å². The number of carbonyl (C=O) groups excluding carboxylic acids is 2. The first kappa shape index (κ1) is 34.8. The van der Waals surface area contributed by atoms with E-state index in [1.807, 2.05) is 13.0 Å². The summed E-state index contributed by atoms with van der Waals surface area (Å²) in [6, 6.07) is 0. The first-order valence-corrected chi connectivity index (χ1v) is 17.3. The van der Waals surface area contributed by atoms with Gasteiger partial charge in [-0.2, -0.15) is 0 Å². The van der Waals surface area contributed by atoms with Crippen molar-refractivity contribution in [1.29, 1.82) is 0 Å². The number of hydrogen-bond acceptors (Lipinski definition) is 6. The van der Waals surface area contributed by atoms with E-state index in [0.717, 1.165) is 51.4 Å². The molecule has 11 unspecified atom stereocenters. The predicted octanol–water partition coefficient (Wildman–Crippen LogP) is 5.57. The molecule has 8 heteroatoms. The predicted molar refractivity (Wildman–Crippen MR) is 171 cm³/mol. The Bertz CT molecular complexity index is 1040. The first-order valence-electron chi connectivity index (χ1n) is 17.3. The lowest BCUT2D eigenvalue weighted by Gasteiger charge is -2.62. The number of rotatable bonds is 13. The summed E-state index contributed by atoms with van der Waals surface area (Å²) < 4.78 is 10.4. The topological polar surface area (TPSA) is 117 Å². The highest BCUT2D eigenvalue weighted by Crippen LogP contribution is 2.68. The number of aliphatic hydroxyl groups is 2. The number of aliphatic hydroxyl groups excluding tert-OH is 2. The van der Waals surface area contributed by atoms with Crippen molar-refractivity contribution in [3.63, 3.8) is 0 Å². The van der Waals surface area contributed by atoms with Crippen LogP contribution in [0.1, 0.15) is 105 Å². The molecule has 0 aromatic carbocycles. The number of terminal acetylenes is 1. The second-order valence-electron chi connectivity index (χ2n) is 14.7. The van der Waals surface area contributed by atoms with Gasteiger partial charge in [0.15, 0.2) is 0 Å². The molecule has 8 nitrogen and oxygen atoms in total. The molecule has 4 saturated carbocycles. The number of hydrogen-bond donors (Lipinski definition) is 4. The lowest BCUT2D eigenvalue weighted by molar-refractivity contribution is -0.174. The van der Waals surface area contributed by atoms with E-state index < -0.39 is 12.3 Å². The highest BCUT2D eigenvalue weighted by molar-refractivity contribution is 5.88. The third-order valence-electron chi connectivity index (χ3n) is 12.3. The van der Waals surface area contributed by atoms with Gasteiger partial charge in [-0.3, -0.25) is 4.79 Å². The van der Waals surface area contributed by atoms with E-state index in [1.54, 1.807) is 0 Å². The summed E-state index contributed by atoms with van der Waals surface area (Å²) in [6.45, 7) is 10.2. The van der Waals surface area contributed by atoms with Crippen LogP contribution >= 0.6 is 0 Å². The Labute approximate surface area is 265 Å². The molecule has 4 aliphatic carbocycles. The fraction of sp³-hybridized carbons (Fsp3) is 0.833. The normalized spacial score (nSPS) is 37.6. The number of ether oxygens (including phenoxy) is 2. The zero-order chi connectivity index (χ0) is 31.9. The number of allylic oxidation sites excluding steroid dienone is 1. The van der Waals surface area contributed by atoms with Gasteiger partial charge < -0.3 is 30.3 Å². The molecule has 0 aliphatic heterocycles. The Balaban J connectivity index is 1.26. The molecule has 0 aromatic heterocycles. The Morgan fingerprint density at radius 3 is 2.59 bits per heavy atom. The van der Waals surface area contributed by atoms with Gasteiger partial charge >= 0.3 is 6.09 Å². The van der Waals surface area contributed by atoms with Crippen LogP contribution in [-0.4, -0.2) is 60.4 Å². The summed E-state index contributed by atoms with van der Waals surface area (Å²) in [7, 11) is 0. The molecule has 4 rings (SSSR count). The average Bonchev–Trinajstić information content (AvgIpc) is 3.35. The highest BCUT2D eigenvalue weighted by atomic mass is 16.6. The zero-order valence-electron chi connectivity index (χ0n) is 27.6. The third kappa shape index (κ3) is 7.65. The van der Waals surface area contributed by atoms with E-state index in [4.69, 9.17) is 15.9 Å². The Morgan fingerprint density at radius 1 is 1.05 bits per heavy atom. The molecule has 0 bridgehead atoms. The molecule has 44 heavy (non-hydrogen) atoms. The van der Waals surface area contributed by atoms with Gasteiger partial charge in [0.2, 0.25) is 5.91 Å². The molecule has 2 amide bonds. The van der Waals surface area contributed by atoms with Crippen LogP contribution in [0.5, 0.6) is 0 Å². The van der Waals surface area contributed by atoms with Crippen LogP contribution in [-0.2, 0) is 14.3 Å². The van der Waals surface area contributed by atoms with Gasteiger partial charge in [-0.15, -0.1) is 12.3 Å². The van der Waals surface area contributed by atoms with Crippen LogP contribution in [0, 0.1) is 58.7 Å². The standard InChI is InChI=1S/C36H58N2O6/c1-6-10-32(38-34(42)44-21-20-43-19-7-2)37-33(41)12-9-8-11-24(3)28-15-16-29-27-14-13-25-22-26(39)17-18-35(25,4)30(27)23-31(40)36(28,29)5/h1,9,12,24-32,39-40H,7-8,10-11,13-23H2,2-5H3,(H,37,41)(H,38,42). The van der Waals surface area contributed by atoms with Crippen LogP contribution in [0.25, 0.3) is 0 Å². The van der Waals surface area contributed by atoms with Crippen molar-refractivity contribution in [2.75, 3.05) is 19.8 Å². The van der Waals surface area contributed by atoms with Gasteiger partial charge in [0.05, 0.1) is 18.8 Å². The van der Waals surface area contributed by atoms with E-state index in [2.05, 4.69) is 37.3 Å². The van der Waals surface area contributed by atoms with Crippen LogP contribution in [0.2, 0.25) is 0 Å². The molecular weight excluding hydrogens is 556 g/mol. The molecule has 4 N–H and O–H groups in total. The van der Waals surface area contributed by atoms with Crippen LogP contribution in [0.15, 0.2) is 12.2 Å². The van der Waals surface area contributed by atoms with Gasteiger partial charge in [0.25, 0.3) is 0 Å². The van der Waals surface area contributed by atoms with Crippen LogP contribution in [0.3, 0.4) is 0 Å². The van der Waals surface area contributed by atoms with E-state index >= 15 is 0 Å². The van der Waals surface area contributed by atoms with Crippen molar-refractivity contribution in [1.82, 2.24) is 10.6 Å². The summed E-state index contributed by atoms with van der Waals surface area (Å²) in [5, 5.41) is 27.5. The molecule has 0 saturated heterocycles. The maximum atomic E-state index is 12.6. The van der Waals surface area contributed by atoms with E-state index in [0.29, 0.717) is 48.7 Å². The van der Waals surface area contributed by atoms with E-state index in [9.17, 15) is 19.8 Å². The quantitative estimate of drug-likeness (QED) is 0.0933. The first-order chi connectivity index (χ1) is 21.0. The fourth-order valence-electron chi connectivity index (χ4n) is 10.0. The number of nitrogens with one attached hydrogen (secondary N) is 2. The molecule has 0 aromatic rings. The summed E-state index contributed by atoms with van der Waals surface area (Å²) >= 11 is 0. The van der Waals surface area contributed by atoms with E-state index in [-0.39, 0.29) is 42.0 Å². The lowest BCUT2D eigenvalue weighted by atomic mass is 9.43. The number of carbonyl (C=O) groups is 2. The van der Waals surface area contributed by atoms with Gasteiger partial charge in [-0.05, 0) is 123 Å². The summed E-state index contributed by atoms with van der Waals surface area (Å²) in [5.41, 5.74) is 0.182. The van der Waals surface area contributed by atoms with Crippen molar-refractivity contribution in [2.45, 2.75) is 123 Å². The second kappa shape index (κ2) is 15.5. The molecular formula is C36H58N2O6. The zero-order valence-corrected chi connectivity index (χ0v) is 27.6. The third-order valence-corrected chi connectivity index (χ3v) is 12.3. The summed E-state index contributed by atoms with van der Waals surface area (Å²) in [5.74, 6) is 5.45. The smallest absolute Gasteiger partial charge is 0.408 e. The van der Waals surface area contributed by atoms with Crippen molar-refractivity contribution < 1.29 is 29.3 Å². The molecule has 4 fully saturated rings. The monoisotopic (exact) mass is 614 g/mol. The lowest BCUT2D eigenvalue weighted by Crippen LogP contribution is -2.58.